The Labute approximate surface area is 170 Å². The summed E-state index contributed by atoms with van der Waals surface area (Å²) in [7, 11) is 1.76. The molecular formula is C21H28ClNO5. The third-order valence-electron chi connectivity index (χ3n) is 6.04. The van der Waals surface area contributed by atoms with Crippen molar-refractivity contribution >= 4 is 11.6 Å². The van der Waals surface area contributed by atoms with Crippen molar-refractivity contribution in [1.29, 1.82) is 5.26 Å². The number of halogens is 1. The Balaban J connectivity index is 1.75. The molecule has 1 aromatic carbocycles. The molecule has 154 valence electrons. The van der Waals surface area contributed by atoms with Crippen molar-refractivity contribution in [1.82, 2.24) is 0 Å². The molecule has 6 nitrogen and oxygen atoms in total. The van der Waals surface area contributed by atoms with E-state index in [1.165, 1.54) is 0 Å². The summed E-state index contributed by atoms with van der Waals surface area (Å²) in [5, 5.41) is 40.2. The lowest BCUT2D eigenvalue weighted by Gasteiger charge is -2.40. The van der Waals surface area contributed by atoms with Crippen molar-refractivity contribution in [2.45, 2.75) is 75.1 Å². The van der Waals surface area contributed by atoms with Gasteiger partial charge in [-0.15, -0.1) is 0 Å². The normalized spacial score (nSPS) is 36.1. The van der Waals surface area contributed by atoms with Crippen LogP contribution in [-0.4, -0.2) is 52.9 Å². The van der Waals surface area contributed by atoms with Crippen LogP contribution in [0.5, 0.6) is 0 Å². The first-order valence-electron chi connectivity index (χ1n) is 9.82. The Morgan fingerprint density at radius 3 is 2.50 bits per heavy atom. The predicted molar refractivity (Wildman–Crippen MR) is 104 cm³/mol. The van der Waals surface area contributed by atoms with Crippen molar-refractivity contribution in [3.05, 3.63) is 34.3 Å². The Kier molecular flexibility index (Phi) is 7.32. The molecule has 5 atom stereocenters. The molecule has 1 saturated heterocycles. The highest BCUT2D eigenvalue weighted by atomic mass is 35.5. The van der Waals surface area contributed by atoms with Gasteiger partial charge in [-0.1, -0.05) is 23.7 Å². The second kappa shape index (κ2) is 9.53. The minimum Gasteiger partial charge on any atom is -0.388 e. The van der Waals surface area contributed by atoms with E-state index in [0.29, 0.717) is 22.6 Å². The minimum atomic E-state index is -1.37. The predicted octanol–water partition coefficient (Wildman–Crippen LogP) is 2.52. The molecule has 3 unspecified atom stereocenters. The zero-order valence-electron chi connectivity index (χ0n) is 16.0. The first-order chi connectivity index (χ1) is 13.4. The third kappa shape index (κ3) is 4.68. The van der Waals surface area contributed by atoms with Gasteiger partial charge in [-0.3, -0.25) is 0 Å². The molecule has 0 radical (unpaired) electrons. The summed E-state index contributed by atoms with van der Waals surface area (Å²) in [6, 6.07) is 7.40. The maximum atomic E-state index is 10.4. The van der Waals surface area contributed by atoms with Crippen LogP contribution in [0.1, 0.15) is 49.3 Å². The van der Waals surface area contributed by atoms with Crippen LogP contribution in [0, 0.1) is 17.2 Å². The Morgan fingerprint density at radius 2 is 1.86 bits per heavy atom. The fourth-order valence-corrected chi connectivity index (χ4v) is 4.49. The van der Waals surface area contributed by atoms with Gasteiger partial charge in [-0.05, 0) is 55.2 Å². The van der Waals surface area contributed by atoms with Crippen LogP contribution in [0.4, 0.5) is 0 Å². The molecule has 1 aromatic rings. The first kappa shape index (κ1) is 21.5. The lowest BCUT2D eigenvalue weighted by molar-refractivity contribution is -0.223. The summed E-state index contributed by atoms with van der Waals surface area (Å²) in [4.78, 5) is 0. The van der Waals surface area contributed by atoms with Crippen LogP contribution in [0.2, 0.25) is 5.02 Å². The Hall–Kier alpha value is -1.20. The molecule has 0 amide bonds. The fraction of sp³-hybridized carbons (Fsp3) is 0.667. The lowest BCUT2D eigenvalue weighted by atomic mass is 9.82. The lowest BCUT2D eigenvalue weighted by Crippen LogP contribution is -2.54. The molecule has 28 heavy (non-hydrogen) atoms. The number of aliphatic hydroxyl groups excluding tert-OH is 3. The van der Waals surface area contributed by atoms with E-state index in [-0.39, 0.29) is 6.42 Å². The van der Waals surface area contributed by atoms with Gasteiger partial charge in [0.15, 0.2) is 0 Å². The quantitative estimate of drug-likeness (QED) is 0.690. The number of nitrogens with zero attached hydrogens (tertiary/aromatic N) is 1. The van der Waals surface area contributed by atoms with Gasteiger partial charge in [0.05, 0.1) is 24.7 Å². The molecule has 3 N–H and O–H groups in total. The highest BCUT2D eigenvalue weighted by molar-refractivity contribution is 6.31. The van der Waals surface area contributed by atoms with E-state index in [4.69, 9.17) is 26.3 Å². The first-order valence-corrected chi connectivity index (χ1v) is 10.2. The SMILES string of the molecule is COC1CCC(Cc2cc(C3OC(CC#N)[C@@H](O)C(O)[C@H]3O)ccc2Cl)CC1. The van der Waals surface area contributed by atoms with E-state index in [2.05, 4.69) is 0 Å². The summed E-state index contributed by atoms with van der Waals surface area (Å²) in [6.45, 7) is 0. The van der Waals surface area contributed by atoms with Crippen LogP contribution in [0.15, 0.2) is 18.2 Å². The maximum absolute atomic E-state index is 10.4. The van der Waals surface area contributed by atoms with Gasteiger partial charge < -0.3 is 24.8 Å². The zero-order chi connectivity index (χ0) is 20.3. The van der Waals surface area contributed by atoms with Crippen LogP contribution in [-0.2, 0) is 15.9 Å². The molecule has 7 heteroatoms. The van der Waals surface area contributed by atoms with E-state index in [0.717, 1.165) is 37.7 Å². The summed E-state index contributed by atoms with van der Waals surface area (Å²) >= 11 is 6.42. The van der Waals surface area contributed by atoms with Crippen LogP contribution in [0.3, 0.4) is 0 Å². The maximum Gasteiger partial charge on any atom is 0.113 e. The van der Waals surface area contributed by atoms with Gasteiger partial charge in [0.1, 0.15) is 24.4 Å². The van der Waals surface area contributed by atoms with Crippen molar-refractivity contribution in [3.63, 3.8) is 0 Å². The number of rotatable bonds is 5. The van der Waals surface area contributed by atoms with Crippen molar-refractivity contribution < 1.29 is 24.8 Å². The number of benzene rings is 1. The monoisotopic (exact) mass is 409 g/mol. The topological polar surface area (TPSA) is 103 Å². The average molecular weight is 410 g/mol. The smallest absolute Gasteiger partial charge is 0.113 e. The van der Waals surface area contributed by atoms with E-state index in [9.17, 15) is 15.3 Å². The van der Waals surface area contributed by atoms with Crippen molar-refractivity contribution in [3.8, 4) is 6.07 Å². The van der Waals surface area contributed by atoms with Gasteiger partial charge in [0.25, 0.3) is 0 Å². The molecular weight excluding hydrogens is 382 g/mol. The second-order valence-electron chi connectivity index (χ2n) is 7.86. The summed E-state index contributed by atoms with van der Waals surface area (Å²) in [5.41, 5.74) is 1.67. The summed E-state index contributed by atoms with van der Waals surface area (Å²) < 4.78 is 11.2. The third-order valence-corrected chi connectivity index (χ3v) is 6.41. The summed E-state index contributed by atoms with van der Waals surface area (Å²) in [6.07, 6.45) is -0.268. The number of hydrogen-bond acceptors (Lipinski definition) is 6. The summed E-state index contributed by atoms with van der Waals surface area (Å²) in [5.74, 6) is 0.523. The van der Waals surface area contributed by atoms with Crippen LogP contribution in [0.25, 0.3) is 0 Å². The molecule has 2 aliphatic rings. The molecule has 0 spiro atoms. The molecule has 1 saturated carbocycles. The molecule has 0 bridgehead atoms. The highest BCUT2D eigenvalue weighted by Crippen LogP contribution is 2.36. The number of nitriles is 1. The van der Waals surface area contributed by atoms with E-state index in [1.807, 2.05) is 12.1 Å². The highest BCUT2D eigenvalue weighted by Gasteiger charge is 2.44. The Morgan fingerprint density at radius 1 is 1.14 bits per heavy atom. The standard InChI is InChI=1S/C21H28ClNO5/c1-27-15-5-2-12(3-6-15)10-14-11-13(4-7-16(14)22)21-20(26)19(25)18(24)17(28-21)8-9-23/h4,7,11-12,15,17-21,24-26H,2-3,5-6,8,10H2,1H3/t12?,15?,17?,18-,19?,20-,21?/m1/s1. The molecule has 2 fully saturated rings. The van der Waals surface area contributed by atoms with Gasteiger partial charge in [-0.2, -0.15) is 5.26 Å². The van der Waals surface area contributed by atoms with E-state index >= 15 is 0 Å². The molecule has 0 aromatic heterocycles. The van der Waals surface area contributed by atoms with Gasteiger partial charge in [0.2, 0.25) is 0 Å². The average Bonchev–Trinajstić information content (AvgIpc) is 2.71. The van der Waals surface area contributed by atoms with Crippen molar-refractivity contribution in [2.75, 3.05) is 7.11 Å². The molecule has 1 heterocycles. The minimum absolute atomic E-state index is 0.0648. The molecule has 1 aliphatic carbocycles. The fourth-order valence-electron chi connectivity index (χ4n) is 4.30. The number of aliphatic hydroxyl groups is 3. The molecule has 1 aliphatic heterocycles. The Bertz CT molecular complexity index is 701. The second-order valence-corrected chi connectivity index (χ2v) is 8.27. The number of methoxy groups -OCH3 is 1. The largest absolute Gasteiger partial charge is 0.388 e. The van der Waals surface area contributed by atoms with Crippen molar-refractivity contribution in [2.24, 2.45) is 5.92 Å². The van der Waals surface area contributed by atoms with E-state index in [1.54, 1.807) is 19.2 Å². The van der Waals surface area contributed by atoms with Gasteiger partial charge >= 0.3 is 0 Å². The van der Waals surface area contributed by atoms with Gasteiger partial charge in [-0.25, -0.2) is 0 Å². The molecule has 3 rings (SSSR count). The number of ether oxygens (including phenoxy) is 2. The number of hydrogen-bond donors (Lipinski definition) is 3. The van der Waals surface area contributed by atoms with Gasteiger partial charge in [0, 0.05) is 12.1 Å². The van der Waals surface area contributed by atoms with E-state index < -0.39 is 30.5 Å². The van der Waals surface area contributed by atoms with Crippen LogP contribution < -0.4 is 0 Å². The van der Waals surface area contributed by atoms with Crippen LogP contribution >= 0.6 is 11.6 Å². The zero-order valence-corrected chi connectivity index (χ0v) is 16.8.